The third kappa shape index (κ3) is 6.57. The molecule has 0 spiro atoms. The third-order valence-electron chi connectivity index (χ3n) is 2.69. The molecule has 0 aliphatic rings. The number of carbonyl (C=O) groups excluding carboxylic acids is 3. The molecule has 22 heavy (non-hydrogen) atoms. The average Bonchev–Trinajstić information content (AvgIpc) is 2.52. The smallest absolute Gasteiger partial charge is 0.269 e. The van der Waals surface area contributed by atoms with Crippen molar-refractivity contribution in [3.8, 4) is 0 Å². The predicted molar refractivity (Wildman–Crippen MR) is 85.1 cm³/mol. The highest BCUT2D eigenvalue weighted by molar-refractivity contribution is 7.99. The molecule has 1 atom stereocenters. The highest BCUT2D eigenvalue weighted by atomic mass is 32.2. The number of nitrogens with one attached hydrogen (secondary N) is 3. The number of aromatic nitrogens is 1. The Kier molecular flexibility index (Phi) is 7.98. The first-order chi connectivity index (χ1) is 10.5. The second kappa shape index (κ2) is 9.78. The van der Waals surface area contributed by atoms with Crippen molar-refractivity contribution in [2.45, 2.75) is 26.3 Å². The van der Waals surface area contributed by atoms with Gasteiger partial charge in [-0.05, 0) is 30.1 Å². The van der Waals surface area contributed by atoms with Gasteiger partial charge in [-0.2, -0.15) is 11.8 Å². The van der Waals surface area contributed by atoms with E-state index in [1.165, 1.54) is 31.5 Å². The Morgan fingerprint density at radius 2 is 1.91 bits per heavy atom. The molecule has 0 bridgehead atoms. The van der Waals surface area contributed by atoms with Crippen LogP contribution in [0.15, 0.2) is 24.5 Å². The van der Waals surface area contributed by atoms with Gasteiger partial charge in [0, 0.05) is 24.9 Å². The van der Waals surface area contributed by atoms with E-state index in [1.54, 1.807) is 11.8 Å². The summed E-state index contributed by atoms with van der Waals surface area (Å²) < 4.78 is 0. The lowest BCUT2D eigenvalue weighted by Gasteiger charge is -2.17. The summed E-state index contributed by atoms with van der Waals surface area (Å²) in [5.74, 6) is 0.497. The molecular formula is C14H20N4O3S. The average molecular weight is 324 g/mol. The third-order valence-corrected chi connectivity index (χ3v) is 3.62. The van der Waals surface area contributed by atoms with Crippen LogP contribution in [-0.4, -0.2) is 40.3 Å². The second-order valence-electron chi connectivity index (χ2n) is 4.42. The van der Waals surface area contributed by atoms with E-state index >= 15 is 0 Å². The van der Waals surface area contributed by atoms with E-state index in [1.807, 2.05) is 6.92 Å². The highest BCUT2D eigenvalue weighted by Gasteiger charge is 2.19. The van der Waals surface area contributed by atoms with Crippen LogP contribution in [0.3, 0.4) is 0 Å². The molecule has 7 nitrogen and oxygen atoms in total. The number of nitrogens with zero attached hydrogens (tertiary/aromatic N) is 1. The number of pyridine rings is 1. The number of thioether (sulfide) groups is 1. The Labute approximate surface area is 133 Å². The molecular weight excluding hydrogens is 304 g/mol. The molecule has 3 amide bonds. The fourth-order valence-corrected chi connectivity index (χ4v) is 2.33. The standard InChI is InChI=1S/C14H20N4O3S/c1-3-22-9-6-12(16-10(2)19)14(21)18-17-13(20)11-4-7-15-8-5-11/h4-5,7-8,12H,3,6,9H2,1-2H3,(H,16,19)(H,17,20)(H,18,21)/t12-/m0/s1. The van der Waals surface area contributed by atoms with Gasteiger partial charge in [0.1, 0.15) is 6.04 Å². The number of carbonyl (C=O) groups is 3. The highest BCUT2D eigenvalue weighted by Crippen LogP contribution is 2.04. The largest absolute Gasteiger partial charge is 0.344 e. The quantitative estimate of drug-likeness (QED) is 0.501. The number of rotatable bonds is 7. The van der Waals surface area contributed by atoms with Crippen molar-refractivity contribution < 1.29 is 14.4 Å². The molecule has 3 N–H and O–H groups in total. The number of hydrogen-bond donors (Lipinski definition) is 3. The molecule has 1 rings (SSSR count). The van der Waals surface area contributed by atoms with E-state index in [2.05, 4.69) is 21.2 Å². The lowest BCUT2D eigenvalue weighted by molar-refractivity contribution is -0.128. The summed E-state index contributed by atoms with van der Waals surface area (Å²) in [4.78, 5) is 38.8. The second-order valence-corrected chi connectivity index (χ2v) is 5.81. The van der Waals surface area contributed by atoms with E-state index in [9.17, 15) is 14.4 Å². The number of hydrazine groups is 1. The van der Waals surface area contributed by atoms with E-state index in [0.29, 0.717) is 12.0 Å². The van der Waals surface area contributed by atoms with Crippen LogP contribution in [0.5, 0.6) is 0 Å². The summed E-state index contributed by atoms with van der Waals surface area (Å²) in [7, 11) is 0. The van der Waals surface area contributed by atoms with Crippen molar-refractivity contribution in [3.63, 3.8) is 0 Å². The predicted octanol–water partition coefficient (Wildman–Crippen LogP) is 0.491. The number of hydrogen-bond acceptors (Lipinski definition) is 5. The minimum Gasteiger partial charge on any atom is -0.344 e. The summed E-state index contributed by atoms with van der Waals surface area (Å²) in [5.41, 5.74) is 5.03. The Hall–Kier alpha value is -2.09. The molecule has 0 fully saturated rings. The summed E-state index contributed by atoms with van der Waals surface area (Å²) in [6.45, 7) is 3.37. The molecule has 0 unspecified atom stereocenters. The van der Waals surface area contributed by atoms with Gasteiger partial charge in [0.05, 0.1) is 0 Å². The van der Waals surface area contributed by atoms with E-state index < -0.39 is 17.9 Å². The van der Waals surface area contributed by atoms with Gasteiger partial charge in [0.2, 0.25) is 5.91 Å². The fourth-order valence-electron chi connectivity index (χ4n) is 1.64. The first kappa shape index (κ1) is 18.0. The zero-order valence-corrected chi connectivity index (χ0v) is 13.4. The first-order valence-corrected chi connectivity index (χ1v) is 8.05. The van der Waals surface area contributed by atoms with Crippen LogP contribution in [0.25, 0.3) is 0 Å². The molecule has 0 aromatic carbocycles. The van der Waals surface area contributed by atoms with Crippen LogP contribution in [0, 0.1) is 0 Å². The van der Waals surface area contributed by atoms with Crippen molar-refractivity contribution >= 4 is 29.5 Å². The van der Waals surface area contributed by atoms with Gasteiger partial charge < -0.3 is 5.32 Å². The molecule has 0 aliphatic carbocycles. The van der Waals surface area contributed by atoms with Crippen molar-refractivity contribution in [2.24, 2.45) is 0 Å². The zero-order valence-electron chi connectivity index (χ0n) is 12.6. The van der Waals surface area contributed by atoms with Gasteiger partial charge >= 0.3 is 0 Å². The number of amides is 3. The van der Waals surface area contributed by atoms with E-state index in [0.717, 1.165) is 11.5 Å². The molecule has 0 aliphatic heterocycles. The summed E-state index contributed by atoms with van der Waals surface area (Å²) >= 11 is 1.68. The molecule has 0 radical (unpaired) electrons. The normalized spacial score (nSPS) is 11.4. The molecule has 120 valence electrons. The van der Waals surface area contributed by atoms with Crippen molar-refractivity contribution in [1.82, 2.24) is 21.2 Å². The van der Waals surface area contributed by atoms with Gasteiger partial charge in [-0.15, -0.1) is 0 Å². The SMILES string of the molecule is CCSCC[C@H](NC(C)=O)C(=O)NNC(=O)c1ccncc1. The lowest BCUT2D eigenvalue weighted by Crippen LogP contribution is -2.52. The Balaban J connectivity index is 2.51. The van der Waals surface area contributed by atoms with Crippen molar-refractivity contribution in [3.05, 3.63) is 30.1 Å². The van der Waals surface area contributed by atoms with E-state index in [-0.39, 0.29) is 5.91 Å². The summed E-state index contributed by atoms with van der Waals surface area (Å²) in [6, 6.07) is 2.39. The Morgan fingerprint density at radius 1 is 1.23 bits per heavy atom. The first-order valence-electron chi connectivity index (χ1n) is 6.89. The molecule has 0 saturated heterocycles. The van der Waals surface area contributed by atoms with Crippen LogP contribution in [0.2, 0.25) is 0 Å². The van der Waals surface area contributed by atoms with Gasteiger partial charge in [-0.1, -0.05) is 6.92 Å². The Bertz CT molecular complexity index is 510. The van der Waals surface area contributed by atoms with Crippen molar-refractivity contribution in [2.75, 3.05) is 11.5 Å². The van der Waals surface area contributed by atoms with Crippen LogP contribution in [0.4, 0.5) is 0 Å². The fraction of sp³-hybridized carbons (Fsp3) is 0.429. The minimum absolute atomic E-state index is 0.290. The summed E-state index contributed by atoms with van der Waals surface area (Å²) in [5, 5.41) is 2.58. The van der Waals surface area contributed by atoms with Crippen LogP contribution < -0.4 is 16.2 Å². The maximum Gasteiger partial charge on any atom is 0.269 e. The van der Waals surface area contributed by atoms with Gasteiger partial charge in [0.15, 0.2) is 0 Å². The molecule has 1 heterocycles. The maximum atomic E-state index is 12.0. The lowest BCUT2D eigenvalue weighted by atomic mass is 10.2. The zero-order chi connectivity index (χ0) is 16.4. The van der Waals surface area contributed by atoms with Gasteiger partial charge in [-0.3, -0.25) is 30.2 Å². The minimum atomic E-state index is -0.672. The van der Waals surface area contributed by atoms with Crippen molar-refractivity contribution in [1.29, 1.82) is 0 Å². The molecule has 8 heteroatoms. The van der Waals surface area contributed by atoms with Gasteiger partial charge in [0.25, 0.3) is 11.8 Å². The molecule has 0 saturated carbocycles. The molecule has 1 aromatic heterocycles. The monoisotopic (exact) mass is 324 g/mol. The van der Waals surface area contributed by atoms with E-state index in [4.69, 9.17) is 0 Å². The Morgan fingerprint density at radius 3 is 2.50 bits per heavy atom. The molecule has 1 aromatic rings. The summed E-state index contributed by atoms with van der Waals surface area (Å²) in [6.07, 6.45) is 3.46. The van der Waals surface area contributed by atoms with Crippen LogP contribution in [0.1, 0.15) is 30.6 Å². The van der Waals surface area contributed by atoms with Crippen LogP contribution >= 0.6 is 11.8 Å². The van der Waals surface area contributed by atoms with Gasteiger partial charge in [-0.25, -0.2) is 0 Å². The van der Waals surface area contributed by atoms with Crippen LogP contribution in [-0.2, 0) is 9.59 Å². The maximum absolute atomic E-state index is 12.0. The topological polar surface area (TPSA) is 100 Å².